The molecule has 1 atom stereocenters. The van der Waals surface area contributed by atoms with Crippen molar-refractivity contribution in [3.05, 3.63) is 28.8 Å². The average Bonchev–Trinajstić information content (AvgIpc) is 2.96. The smallest absolute Gasteiger partial charge is 0.339 e. The van der Waals surface area contributed by atoms with Crippen LogP contribution in [0.3, 0.4) is 0 Å². The van der Waals surface area contributed by atoms with Gasteiger partial charge in [0.05, 0.1) is 17.6 Å². The monoisotopic (exact) mass is 382 g/mol. The van der Waals surface area contributed by atoms with E-state index in [9.17, 15) is 13.2 Å². The number of esters is 1. The molecule has 23 heavy (non-hydrogen) atoms. The highest BCUT2D eigenvalue weighted by Gasteiger charge is 2.34. The van der Waals surface area contributed by atoms with Gasteiger partial charge >= 0.3 is 5.97 Å². The molecule has 0 aromatic heterocycles. The molecule has 1 N–H and O–H groups in total. The Labute approximate surface area is 147 Å². The van der Waals surface area contributed by atoms with Gasteiger partial charge in [0.25, 0.3) is 0 Å². The summed E-state index contributed by atoms with van der Waals surface area (Å²) in [5.74, 6) is -0.429. The van der Waals surface area contributed by atoms with Crippen LogP contribution in [0, 0.1) is 5.92 Å². The largest absolute Gasteiger partial charge is 0.465 e. The van der Waals surface area contributed by atoms with Crippen LogP contribution in [0.1, 0.15) is 16.8 Å². The highest BCUT2D eigenvalue weighted by Crippen LogP contribution is 2.28. The predicted molar refractivity (Wildman–Crippen MR) is 90.8 cm³/mol. The molecule has 9 heteroatoms. The van der Waals surface area contributed by atoms with E-state index in [0.29, 0.717) is 13.1 Å². The fourth-order valence-corrected chi connectivity index (χ4v) is 4.57. The molecule has 1 aromatic rings. The lowest BCUT2D eigenvalue weighted by Crippen LogP contribution is -2.31. The Bertz CT molecular complexity index is 667. The van der Waals surface area contributed by atoms with Crippen molar-refractivity contribution in [2.75, 3.05) is 33.8 Å². The lowest BCUT2D eigenvalue weighted by atomic mass is 10.1. The molecule has 2 rings (SSSR count). The summed E-state index contributed by atoms with van der Waals surface area (Å²) in [6.45, 7) is 1.61. The zero-order valence-electron chi connectivity index (χ0n) is 12.9. The van der Waals surface area contributed by atoms with Gasteiger partial charge in [0.2, 0.25) is 10.0 Å². The number of hydrogen-bond acceptors (Lipinski definition) is 5. The van der Waals surface area contributed by atoms with Gasteiger partial charge in [-0.1, -0.05) is 11.6 Å². The second-order valence-electron chi connectivity index (χ2n) is 5.21. The van der Waals surface area contributed by atoms with E-state index >= 15 is 0 Å². The van der Waals surface area contributed by atoms with Crippen LogP contribution >= 0.6 is 24.0 Å². The van der Waals surface area contributed by atoms with Crippen molar-refractivity contribution in [3.63, 3.8) is 0 Å². The van der Waals surface area contributed by atoms with Crippen LogP contribution in [0.5, 0.6) is 0 Å². The summed E-state index contributed by atoms with van der Waals surface area (Å²) >= 11 is 5.91. The number of sulfonamides is 1. The zero-order chi connectivity index (χ0) is 16.3. The minimum Gasteiger partial charge on any atom is -0.465 e. The van der Waals surface area contributed by atoms with Gasteiger partial charge in [-0.15, -0.1) is 12.4 Å². The third-order valence-electron chi connectivity index (χ3n) is 3.71. The Balaban J connectivity index is 0.00000264. The fraction of sp³-hybridized carbons (Fsp3) is 0.500. The van der Waals surface area contributed by atoms with Crippen LogP contribution in [0.25, 0.3) is 0 Å². The van der Waals surface area contributed by atoms with Gasteiger partial charge in [-0.25, -0.2) is 13.2 Å². The maximum atomic E-state index is 12.8. The lowest BCUT2D eigenvalue weighted by Gasteiger charge is -2.18. The Morgan fingerprint density at radius 3 is 2.78 bits per heavy atom. The van der Waals surface area contributed by atoms with Crippen molar-refractivity contribution < 1.29 is 17.9 Å². The number of halogens is 2. The molecule has 1 aliphatic heterocycles. The summed E-state index contributed by atoms with van der Waals surface area (Å²) in [4.78, 5) is 11.7. The second kappa shape index (κ2) is 8.30. The summed E-state index contributed by atoms with van der Waals surface area (Å²) in [6, 6.07) is 4.15. The van der Waals surface area contributed by atoms with Crippen LogP contribution in [0.4, 0.5) is 0 Å². The van der Waals surface area contributed by atoms with Crippen molar-refractivity contribution in [2.24, 2.45) is 5.92 Å². The Kier molecular flexibility index (Phi) is 7.29. The minimum absolute atomic E-state index is 0. The molecule has 0 aliphatic carbocycles. The average molecular weight is 383 g/mol. The zero-order valence-corrected chi connectivity index (χ0v) is 15.3. The number of carbonyl (C=O) groups excluding carboxylic acids is 1. The number of carbonyl (C=O) groups is 1. The van der Waals surface area contributed by atoms with E-state index in [-0.39, 0.29) is 33.8 Å². The van der Waals surface area contributed by atoms with Crippen LogP contribution < -0.4 is 5.32 Å². The van der Waals surface area contributed by atoms with Gasteiger partial charge in [0, 0.05) is 18.1 Å². The highest BCUT2D eigenvalue weighted by atomic mass is 35.5. The first kappa shape index (κ1) is 20.2. The van der Waals surface area contributed by atoms with Crippen molar-refractivity contribution in [1.29, 1.82) is 0 Å². The lowest BCUT2D eigenvalue weighted by molar-refractivity contribution is 0.0596. The van der Waals surface area contributed by atoms with E-state index in [2.05, 4.69) is 10.1 Å². The molecule has 1 fully saturated rings. The molecule has 1 aromatic carbocycles. The van der Waals surface area contributed by atoms with E-state index in [4.69, 9.17) is 11.6 Å². The van der Waals surface area contributed by atoms with Crippen LogP contribution in [-0.2, 0) is 14.8 Å². The van der Waals surface area contributed by atoms with E-state index in [1.165, 1.54) is 29.6 Å². The van der Waals surface area contributed by atoms with Crippen molar-refractivity contribution >= 4 is 40.0 Å². The molecule has 0 spiro atoms. The van der Waals surface area contributed by atoms with Crippen LogP contribution in [0.15, 0.2) is 23.1 Å². The number of rotatable bonds is 5. The van der Waals surface area contributed by atoms with E-state index in [1.54, 1.807) is 0 Å². The summed E-state index contributed by atoms with van der Waals surface area (Å²) in [5.41, 5.74) is 0.00367. The molecule has 0 radical (unpaired) electrons. The van der Waals surface area contributed by atoms with Gasteiger partial charge in [-0.3, -0.25) is 0 Å². The Morgan fingerprint density at radius 1 is 1.48 bits per heavy atom. The predicted octanol–water partition coefficient (Wildman–Crippen LogP) is 1.78. The number of ether oxygens (including phenoxy) is 1. The Hall–Kier alpha value is -0.860. The molecule has 130 valence electrons. The minimum atomic E-state index is -3.78. The van der Waals surface area contributed by atoms with Crippen LogP contribution in [0.2, 0.25) is 5.02 Å². The van der Waals surface area contributed by atoms with Gasteiger partial charge in [0.15, 0.2) is 0 Å². The first-order valence-electron chi connectivity index (χ1n) is 6.92. The number of nitrogens with one attached hydrogen (secondary N) is 1. The molecule has 1 aliphatic rings. The number of nitrogens with zero attached hydrogens (tertiary/aromatic N) is 1. The summed E-state index contributed by atoms with van der Waals surface area (Å²) in [5, 5.41) is 3.31. The molecular weight excluding hydrogens is 363 g/mol. The molecule has 0 saturated carbocycles. The van der Waals surface area contributed by atoms with E-state index < -0.39 is 16.0 Å². The molecule has 1 saturated heterocycles. The fourth-order valence-electron chi connectivity index (χ4n) is 2.60. The molecule has 1 unspecified atom stereocenters. The quantitative estimate of drug-likeness (QED) is 0.785. The van der Waals surface area contributed by atoms with Crippen molar-refractivity contribution in [1.82, 2.24) is 9.62 Å². The third kappa shape index (κ3) is 4.36. The number of hydrogen-bond donors (Lipinski definition) is 1. The number of benzene rings is 1. The van der Waals surface area contributed by atoms with E-state index in [1.807, 2.05) is 7.05 Å². The normalized spacial score (nSPS) is 18.5. The van der Waals surface area contributed by atoms with Gasteiger partial charge in [0.1, 0.15) is 0 Å². The van der Waals surface area contributed by atoms with Crippen molar-refractivity contribution in [2.45, 2.75) is 11.3 Å². The first-order valence-corrected chi connectivity index (χ1v) is 8.74. The maximum absolute atomic E-state index is 12.8. The third-order valence-corrected chi connectivity index (χ3v) is 5.85. The summed E-state index contributed by atoms with van der Waals surface area (Å²) in [6.07, 6.45) is 0.786. The molecule has 1 heterocycles. The Morgan fingerprint density at radius 2 is 2.17 bits per heavy atom. The van der Waals surface area contributed by atoms with Crippen molar-refractivity contribution in [3.8, 4) is 0 Å². The SMILES string of the molecule is CNCC1CCN(S(=O)(=O)c2cc(Cl)ccc2C(=O)OC)C1.Cl. The summed E-state index contributed by atoms with van der Waals surface area (Å²) in [7, 11) is -0.727. The second-order valence-corrected chi connectivity index (χ2v) is 7.55. The summed E-state index contributed by atoms with van der Waals surface area (Å²) < 4.78 is 31.7. The van der Waals surface area contributed by atoms with Gasteiger partial charge < -0.3 is 10.1 Å². The highest BCUT2D eigenvalue weighted by molar-refractivity contribution is 7.89. The van der Waals surface area contributed by atoms with Crippen LogP contribution in [-0.4, -0.2) is 52.5 Å². The molecule has 0 amide bonds. The van der Waals surface area contributed by atoms with Gasteiger partial charge in [-0.05, 0) is 44.1 Å². The maximum Gasteiger partial charge on any atom is 0.339 e. The molecule has 6 nitrogen and oxygen atoms in total. The van der Waals surface area contributed by atoms with Gasteiger partial charge in [-0.2, -0.15) is 4.31 Å². The number of methoxy groups -OCH3 is 1. The molecular formula is C14H20Cl2N2O4S. The first-order chi connectivity index (χ1) is 10.4. The van der Waals surface area contributed by atoms with E-state index in [0.717, 1.165) is 13.0 Å². The molecule has 0 bridgehead atoms. The standard InChI is InChI=1S/C14H19ClN2O4S.ClH/c1-16-8-10-5-6-17(9-10)22(19,20)13-7-11(15)3-4-12(13)14(18)21-2;/h3-4,7,10,16H,5-6,8-9H2,1-2H3;1H. The topological polar surface area (TPSA) is 75.7 Å².